The number of anilines is 2. The highest BCUT2D eigenvalue weighted by molar-refractivity contribution is 6.07. The van der Waals surface area contributed by atoms with E-state index in [0.29, 0.717) is 4.90 Å². The molecule has 14 nitrogen and oxygen atoms in total. The number of aromatic nitrogens is 4. The van der Waals surface area contributed by atoms with Crippen LogP contribution in [0.15, 0.2) is 35.2 Å². The van der Waals surface area contributed by atoms with Gasteiger partial charge < -0.3 is 23.9 Å². The van der Waals surface area contributed by atoms with Crippen molar-refractivity contribution in [2.45, 2.75) is 52.5 Å². The summed E-state index contributed by atoms with van der Waals surface area (Å²) in [5.41, 5.74) is -1.80. The number of hydrogen-bond donors (Lipinski definition) is 1. The third-order valence-corrected chi connectivity index (χ3v) is 4.74. The molecular weight excluding hydrogens is 569 g/mol. The Hall–Kier alpha value is -4.96. The highest BCUT2D eigenvalue weighted by Crippen LogP contribution is 2.27. The lowest BCUT2D eigenvalue weighted by atomic mass is 10.2. The topological polar surface area (TPSA) is 168 Å². The first kappa shape index (κ1) is 31.6. The van der Waals surface area contributed by atoms with Crippen LogP contribution in [-0.4, -0.2) is 68.3 Å². The zero-order valence-electron chi connectivity index (χ0n) is 23.3. The molecule has 0 fully saturated rings. The molecule has 0 aromatic carbocycles. The molecule has 0 aliphatic carbocycles. The van der Waals surface area contributed by atoms with Gasteiger partial charge in [-0.3, -0.25) is 14.4 Å². The molecule has 3 aromatic heterocycles. The predicted molar refractivity (Wildman–Crippen MR) is 138 cm³/mol. The molecule has 0 spiro atoms. The van der Waals surface area contributed by atoms with Crippen molar-refractivity contribution in [2.75, 3.05) is 16.8 Å². The SMILES string of the molecule is CC(C)OC(=O)OC(=O)c1nn(C)cc1NC(=O)c1coc(-c2ccnc(N(CC(F)(F)F)C(=O)OC(C)(C)C)c2)n1. The average molecular weight is 597 g/mol. The number of halogens is 3. The Labute approximate surface area is 236 Å². The summed E-state index contributed by atoms with van der Waals surface area (Å²) in [6.07, 6.45) is -4.49. The molecule has 17 heteroatoms. The fraction of sp³-hybridized carbons (Fsp3) is 0.400. The number of carbonyl (C=O) groups is 4. The second-order valence-corrected chi connectivity index (χ2v) is 9.95. The molecule has 0 aliphatic rings. The lowest BCUT2D eigenvalue weighted by Gasteiger charge is -2.27. The third kappa shape index (κ3) is 8.77. The van der Waals surface area contributed by atoms with Gasteiger partial charge in [-0.2, -0.15) is 18.3 Å². The van der Waals surface area contributed by atoms with Crippen molar-refractivity contribution in [1.82, 2.24) is 19.7 Å². The van der Waals surface area contributed by atoms with Crippen LogP contribution in [0.1, 0.15) is 55.6 Å². The van der Waals surface area contributed by atoms with Gasteiger partial charge in [-0.05, 0) is 46.8 Å². The summed E-state index contributed by atoms with van der Waals surface area (Å²) in [6.45, 7) is 5.92. The van der Waals surface area contributed by atoms with Gasteiger partial charge in [0.1, 0.15) is 24.2 Å². The number of alkyl halides is 3. The van der Waals surface area contributed by atoms with E-state index >= 15 is 0 Å². The van der Waals surface area contributed by atoms with Gasteiger partial charge in [0.05, 0.1) is 11.8 Å². The maximum absolute atomic E-state index is 13.3. The summed E-state index contributed by atoms with van der Waals surface area (Å²) in [5.74, 6) is -2.64. The number of nitrogens with zero attached hydrogens (tertiary/aromatic N) is 5. The van der Waals surface area contributed by atoms with Crippen LogP contribution in [0.2, 0.25) is 0 Å². The predicted octanol–water partition coefficient (Wildman–Crippen LogP) is 4.73. The zero-order valence-corrected chi connectivity index (χ0v) is 23.3. The van der Waals surface area contributed by atoms with Gasteiger partial charge in [0.15, 0.2) is 11.4 Å². The quantitative estimate of drug-likeness (QED) is 0.296. The highest BCUT2D eigenvalue weighted by Gasteiger charge is 2.37. The molecule has 0 saturated heterocycles. The smallest absolute Gasteiger partial charge is 0.444 e. The molecule has 3 heterocycles. The van der Waals surface area contributed by atoms with E-state index in [1.807, 2.05) is 0 Å². The number of hydrogen-bond acceptors (Lipinski definition) is 11. The van der Waals surface area contributed by atoms with E-state index < -0.39 is 60.1 Å². The van der Waals surface area contributed by atoms with Gasteiger partial charge in [0.2, 0.25) is 5.89 Å². The van der Waals surface area contributed by atoms with Crippen molar-refractivity contribution in [2.24, 2.45) is 7.05 Å². The number of ether oxygens (including phenoxy) is 3. The summed E-state index contributed by atoms with van der Waals surface area (Å²) in [6, 6.07) is 2.44. The highest BCUT2D eigenvalue weighted by atomic mass is 19.4. The lowest BCUT2D eigenvalue weighted by molar-refractivity contribution is -0.119. The van der Waals surface area contributed by atoms with Gasteiger partial charge in [-0.1, -0.05) is 0 Å². The number of amides is 2. The second-order valence-electron chi connectivity index (χ2n) is 9.95. The molecule has 0 unspecified atom stereocenters. The van der Waals surface area contributed by atoms with Crippen molar-refractivity contribution in [3.05, 3.63) is 42.2 Å². The number of nitrogens with one attached hydrogen (secondary N) is 1. The van der Waals surface area contributed by atoms with Crippen LogP contribution in [0.3, 0.4) is 0 Å². The number of rotatable bonds is 7. The fourth-order valence-corrected chi connectivity index (χ4v) is 3.20. The standard InChI is InChI=1S/C25H27F3N6O8/c1-13(2)40-23(38)41-21(36)18-15(10-33(6)32-18)30-19(35)16-11-39-20(31-16)14-7-8-29-17(9-14)34(12-25(26,27)28)22(37)42-24(3,4)5/h7-11,13H,12H2,1-6H3,(H,30,35). The molecular formula is C25H27F3N6O8. The minimum atomic E-state index is -4.77. The van der Waals surface area contributed by atoms with Crippen molar-refractivity contribution in [3.63, 3.8) is 0 Å². The summed E-state index contributed by atoms with van der Waals surface area (Å²) in [4.78, 5) is 57.6. The minimum Gasteiger partial charge on any atom is -0.444 e. The Morgan fingerprint density at radius 3 is 2.48 bits per heavy atom. The van der Waals surface area contributed by atoms with Crippen molar-refractivity contribution in [1.29, 1.82) is 0 Å². The van der Waals surface area contributed by atoms with E-state index in [2.05, 4.69) is 25.1 Å². The molecule has 0 radical (unpaired) electrons. The van der Waals surface area contributed by atoms with Gasteiger partial charge in [0.25, 0.3) is 5.91 Å². The van der Waals surface area contributed by atoms with Crippen LogP contribution in [-0.2, 0) is 21.3 Å². The first-order valence-electron chi connectivity index (χ1n) is 12.2. The lowest BCUT2D eigenvalue weighted by Crippen LogP contribution is -2.42. The molecule has 2 amide bonds. The average Bonchev–Trinajstić information content (AvgIpc) is 3.47. The number of pyridine rings is 1. The Morgan fingerprint density at radius 2 is 1.86 bits per heavy atom. The number of aryl methyl sites for hydroxylation is 1. The fourth-order valence-electron chi connectivity index (χ4n) is 3.20. The molecule has 3 aromatic rings. The third-order valence-electron chi connectivity index (χ3n) is 4.74. The van der Waals surface area contributed by atoms with Crippen LogP contribution in [0.25, 0.3) is 11.5 Å². The minimum absolute atomic E-state index is 0.0871. The monoisotopic (exact) mass is 596 g/mol. The van der Waals surface area contributed by atoms with Crippen LogP contribution in [0.5, 0.6) is 0 Å². The van der Waals surface area contributed by atoms with Gasteiger partial charge in [0, 0.05) is 25.0 Å². The maximum Gasteiger partial charge on any atom is 0.516 e. The zero-order chi connectivity index (χ0) is 31.4. The molecule has 0 bridgehead atoms. The van der Waals surface area contributed by atoms with E-state index in [1.54, 1.807) is 13.8 Å². The van der Waals surface area contributed by atoms with Gasteiger partial charge >= 0.3 is 24.4 Å². The molecule has 0 aliphatic heterocycles. The first-order valence-corrected chi connectivity index (χ1v) is 12.2. The van der Waals surface area contributed by atoms with E-state index in [1.165, 1.54) is 44.8 Å². The van der Waals surface area contributed by atoms with Crippen LogP contribution < -0.4 is 10.2 Å². The Kier molecular flexibility index (Phi) is 9.23. The summed E-state index contributed by atoms with van der Waals surface area (Å²) in [5, 5.41) is 6.27. The normalized spacial score (nSPS) is 11.7. The van der Waals surface area contributed by atoms with Crippen molar-refractivity contribution < 1.29 is 51.0 Å². The van der Waals surface area contributed by atoms with E-state index in [9.17, 15) is 32.3 Å². The number of esters is 1. The maximum atomic E-state index is 13.3. The van der Waals surface area contributed by atoms with Gasteiger partial charge in [-0.15, -0.1) is 0 Å². The van der Waals surface area contributed by atoms with Crippen LogP contribution >= 0.6 is 0 Å². The van der Waals surface area contributed by atoms with Crippen molar-refractivity contribution in [3.8, 4) is 11.5 Å². The van der Waals surface area contributed by atoms with Gasteiger partial charge in [-0.25, -0.2) is 24.4 Å². The second kappa shape index (κ2) is 12.3. The molecule has 226 valence electrons. The first-order chi connectivity index (χ1) is 19.4. The molecule has 0 saturated carbocycles. The summed E-state index contributed by atoms with van der Waals surface area (Å²) in [7, 11) is 1.45. The molecule has 0 atom stereocenters. The van der Waals surface area contributed by atoms with E-state index in [4.69, 9.17) is 13.9 Å². The number of carbonyl (C=O) groups excluding carboxylic acids is 4. The van der Waals surface area contributed by atoms with E-state index in [0.717, 1.165) is 18.5 Å². The van der Waals surface area contributed by atoms with Crippen LogP contribution in [0, 0.1) is 0 Å². The number of oxazole rings is 1. The Bertz CT molecular complexity index is 1480. The molecule has 3 rings (SSSR count). The Balaban J connectivity index is 1.82. The molecule has 42 heavy (non-hydrogen) atoms. The summed E-state index contributed by atoms with van der Waals surface area (Å²) < 4.78 is 60.7. The Morgan fingerprint density at radius 1 is 1.17 bits per heavy atom. The van der Waals surface area contributed by atoms with Crippen molar-refractivity contribution >= 4 is 35.6 Å². The summed E-state index contributed by atoms with van der Waals surface area (Å²) >= 11 is 0. The largest absolute Gasteiger partial charge is 0.516 e. The molecule has 1 N–H and O–H groups in total. The van der Waals surface area contributed by atoms with E-state index in [-0.39, 0.29) is 22.8 Å². The van der Waals surface area contributed by atoms with Crippen LogP contribution in [0.4, 0.5) is 34.3 Å².